The molecule has 4 aromatic rings. The van der Waals surface area contributed by atoms with Gasteiger partial charge in [0, 0.05) is 17.3 Å². The van der Waals surface area contributed by atoms with Crippen LogP contribution in [0.3, 0.4) is 0 Å². The van der Waals surface area contributed by atoms with E-state index in [-0.39, 0.29) is 27.8 Å². The molecule has 0 saturated heterocycles. The lowest BCUT2D eigenvalue weighted by atomic mass is 9.95. The number of methoxy groups -OCH3 is 1. The smallest absolute Gasteiger partial charge is 0.265 e. The molecule has 3 heterocycles. The van der Waals surface area contributed by atoms with Crippen molar-refractivity contribution in [2.75, 3.05) is 13.7 Å². The van der Waals surface area contributed by atoms with E-state index >= 15 is 0 Å². The molecule has 0 amide bonds. The van der Waals surface area contributed by atoms with Crippen LogP contribution >= 0.6 is 12.2 Å². The average Bonchev–Trinajstić information content (AvgIpc) is 3.13. The number of hydrogen-bond acceptors (Lipinski definition) is 4. The van der Waals surface area contributed by atoms with E-state index in [2.05, 4.69) is 21.4 Å². The highest BCUT2D eigenvalue weighted by atomic mass is 32.1. The molecule has 0 saturated carbocycles. The van der Waals surface area contributed by atoms with Gasteiger partial charge in [0.25, 0.3) is 5.56 Å². The molecule has 5 N–H and O–H groups in total. The molecule has 0 bridgehead atoms. The highest BCUT2D eigenvalue weighted by Gasteiger charge is 2.34. The quantitative estimate of drug-likeness (QED) is 0.382. The van der Waals surface area contributed by atoms with Gasteiger partial charge < -0.3 is 20.1 Å². The Morgan fingerprint density at radius 1 is 1.17 bits per heavy atom. The minimum Gasteiger partial charge on any atom is -0.497 e. The van der Waals surface area contributed by atoms with Crippen LogP contribution in [0.1, 0.15) is 22.9 Å². The molecule has 1 aliphatic rings. The molecule has 0 fully saturated rings. The molecule has 30 heavy (non-hydrogen) atoms. The predicted octanol–water partition coefficient (Wildman–Crippen LogP) is 2.30. The highest BCUT2D eigenvalue weighted by Crippen LogP contribution is 2.33. The predicted molar refractivity (Wildman–Crippen MR) is 116 cm³/mol. The molecule has 2 aromatic heterocycles. The molecule has 0 spiro atoms. The van der Waals surface area contributed by atoms with Crippen LogP contribution in [-0.4, -0.2) is 33.3 Å². The summed E-state index contributed by atoms with van der Waals surface area (Å²) in [5.74, 6) is 0.541. The molecule has 0 aliphatic carbocycles. The van der Waals surface area contributed by atoms with Crippen molar-refractivity contribution in [2.45, 2.75) is 12.5 Å². The maximum absolute atomic E-state index is 12.9. The molecular weight excluding hydrogens is 400 g/mol. The van der Waals surface area contributed by atoms with E-state index in [1.165, 1.54) is 10.1 Å². The summed E-state index contributed by atoms with van der Waals surface area (Å²) in [4.78, 5) is 19.1. The zero-order valence-corrected chi connectivity index (χ0v) is 17.1. The van der Waals surface area contributed by atoms with Crippen molar-refractivity contribution >= 4 is 23.1 Å². The summed E-state index contributed by atoms with van der Waals surface area (Å²) in [5, 5.41) is 14.4. The zero-order valence-electron chi connectivity index (χ0n) is 16.3. The summed E-state index contributed by atoms with van der Waals surface area (Å²) < 4.78 is 6.83. The standard InChI is InChI=1S/C22H20N4O3S/c1-29-13-8-6-12(7-9-13)26-21(28)17(20(27)25-22(26)30)19-18-15(10-11-23-19)14-4-2-3-5-16(14)24-18/h2-9,19,23-24,28H,10-11H2,1H3,(H,25,27,30)/p+1/t19-/m1/s1. The van der Waals surface area contributed by atoms with Crippen molar-refractivity contribution in [1.29, 1.82) is 0 Å². The first-order valence-electron chi connectivity index (χ1n) is 9.74. The number of nitrogens with zero attached hydrogens (tertiary/aromatic N) is 1. The molecule has 1 atom stereocenters. The largest absolute Gasteiger partial charge is 0.497 e. The monoisotopic (exact) mass is 421 g/mol. The first-order chi connectivity index (χ1) is 14.6. The van der Waals surface area contributed by atoms with Crippen molar-refractivity contribution < 1.29 is 15.2 Å². The van der Waals surface area contributed by atoms with Gasteiger partial charge in [-0.1, -0.05) is 18.2 Å². The number of aromatic hydroxyl groups is 1. The summed E-state index contributed by atoms with van der Waals surface area (Å²) in [6.07, 6.45) is 0.895. The van der Waals surface area contributed by atoms with Gasteiger partial charge in [0.15, 0.2) is 10.8 Å². The van der Waals surface area contributed by atoms with Gasteiger partial charge in [-0.15, -0.1) is 0 Å². The minimum atomic E-state index is -0.380. The number of rotatable bonds is 3. The topological polar surface area (TPSA) is 99.6 Å². The Morgan fingerprint density at radius 3 is 2.70 bits per heavy atom. The van der Waals surface area contributed by atoms with Gasteiger partial charge in [0.05, 0.1) is 25.0 Å². The maximum Gasteiger partial charge on any atom is 0.265 e. The van der Waals surface area contributed by atoms with E-state index in [9.17, 15) is 9.90 Å². The third kappa shape index (κ3) is 2.84. The fourth-order valence-corrected chi connectivity index (χ4v) is 4.60. The lowest BCUT2D eigenvalue weighted by molar-refractivity contribution is -0.690. The number of nitrogens with two attached hydrogens (primary N) is 1. The van der Waals surface area contributed by atoms with Gasteiger partial charge >= 0.3 is 0 Å². The molecule has 1 aliphatic heterocycles. The molecule has 5 rings (SSSR count). The summed E-state index contributed by atoms with van der Waals surface area (Å²) in [6.45, 7) is 0.816. The van der Waals surface area contributed by atoms with Gasteiger partial charge in [0.1, 0.15) is 11.3 Å². The third-order valence-electron chi connectivity index (χ3n) is 5.72. The second-order valence-corrected chi connectivity index (χ2v) is 7.73. The maximum atomic E-state index is 12.9. The molecule has 152 valence electrons. The molecule has 8 heteroatoms. The Hall–Kier alpha value is -3.36. The van der Waals surface area contributed by atoms with Crippen LogP contribution in [0.5, 0.6) is 11.6 Å². The number of para-hydroxylation sites is 1. The van der Waals surface area contributed by atoms with E-state index in [1.54, 1.807) is 31.4 Å². The van der Waals surface area contributed by atoms with Crippen molar-refractivity contribution in [3.05, 3.63) is 80.5 Å². The number of aromatic nitrogens is 3. The number of H-pyrrole nitrogens is 2. The Morgan fingerprint density at radius 2 is 1.93 bits per heavy atom. The fraction of sp³-hybridized carbons (Fsp3) is 0.182. The van der Waals surface area contributed by atoms with E-state index in [1.807, 2.05) is 18.2 Å². The van der Waals surface area contributed by atoms with Gasteiger partial charge in [-0.25, -0.2) is 0 Å². The molecule has 0 unspecified atom stereocenters. The molecule has 0 radical (unpaired) electrons. The first-order valence-corrected chi connectivity index (χ1v) is 10.1. The summed E-state index contributed by atoms with van der Waals surface area (Å²) in [6, 6.07) is 14.9. The Labute approximate surface area is 177 Å². The molecule has 2 aromatic carbocycles. The van der Waals surface area contributed by atoms with Crippen LogP contribution in [0.2, 0.25) is 0 Å². The minimum absolute atomic E-state index is 0.138. The second kappa shape index (κ2) is 7.16. The van der Waals surface area contributed by atoms with Crippen LogP contribution in [0.25, 0.3) is 16.6 Å². The van der Waals surface area contributed by atoms with Crippen LogP contribution in [0, 0.1) is 4.77 Å². The van der Waals surface area contributed by atoms with Gasteiger partial charge in [0.2, 0.25) is 5.88 Å². The van der Waals surface area contributed by atoms with Crippen molar-refractivity contribution in [1.82, 2.24) is 14.5 Å². The number of benzene rings is 2. The Kier molecular flexibility index (Phi) is 4.45. The second-order valence-electron chi connectivity index (χ2n) is 7.34. The number of ether oxygens (including phenoxy) is 1. The van der Waals surface area contributed by atoms with Crippen LogP contribution < -0.4 is 15.6 Å². The number of nitrogens with one attached hydrogen (secondary N) is 2. The van der Waals surface area contributed by atoms with Crippen LogP contribution in [-0.2, 0) is 6.42 Å². The number of fused-ring (bicyclic) bond motifs is 3. The lowest BCUT2D eigenvalue weighted by Gasteiger charge is -2.22. The summed E-state index contributed by atoms with van der Waals surface area (Å²) in [5.41, 5.74) is 3.71. The normalized spacial score (nSPS) is 15.8. The van der Waals surface area contributed by atoms with Crippen LogP contribution in [0.4, 0.5) is 0 Å². The van der Waals surface area contributed by atoms with Crippen molar-refractivity contribution in [3.8, 4) is 17.3 Å². The Bertz CT molecular complexity index is 1370. The zero-order chi connectivity index (χ0) is 20.8. The van der Waals surface area contributed by atoms with Gasteiger partial charge in [-0.3, -0.25) is 14.3 Å². The highest BCUT2D eigenvalue weighted by molar-refractivity contribution is 7.71. The molecule has 7 nitrogen and oxygen atoms in total. The average molecular weight is 422 g/mol. The van der Waals surface area contributed by atoms with E-state index < -0.39 is 0 Å². The van der Waals surface area contributed by atoms with Gasteiger partial charge in [-0.05, 0) is 48.1 Å². The van der Waals surface area contributed by atoms with Crippen LogP contribution in [0.15, 0.2) is 53.3 Å². The number of aromatic amines is 2. The van der Waals surface area contributed by atoms with Gasteiger partial charge in [-0.2, -0.15) is 0 Å². The summed E-state index contributed by atoms with van der Waals surface area (Å²) in [7, 11) is 1.59. The van der Waals surface area contributed by atoms with Crippen molar-refractivity contribution in [3.63, 3.8) is 0 Å². The SMILES string of the molecule is COc1ccc(-n2c(O)c([C@H]3[NH2+]CCc4c3[nH]c3ccccc43)c(=O)[nH]c2=S)cc1. The fourth-order valence-electron chi connectivity index (χ4n) is 4.32. The van der Waals surface area contributed by atoms with E-state index in [0.717, 1.165) is 29.6 Å². The number of quaternary nitrogens is 1. The first kappa shape index (κ1) is 18.7. The molecular formula is C22H21N4O3S+. The summed E-state index contributed by atoms with van der Waals surface area (Å²) >= 11 is 5.36. The van der Waals surface area contributed by atoms with E-state index in [4.69, 9.17) is 17.0 Å². The Balaban J connectivity index is 1.71. The number of hydrogen-bond donors (Lipinski definition) is 4. The third-order valence-corrected chi connectivity index (χ3v) is 6.00. The van der Waals surface area contributed by atoms with Crippen molar-refractivity contribution in [2.24, 2.45) is 0 Å². The van der Waals surface area contributed by atoms with E-state index in [0.29, 0.717) is 11.4 Å². The lowest BCUT2D eigenvalue weighted by Crippen LogP contribution is -2.87.